The normalized spacial score (nSPS) is 12.0. The molecule has 48 heavy (non-hydrogen) atoms. The van der Waals surface area contributed by atoms with Gasteiger partial charge in [-0.05, 0) is 23.6 Å². The minimum Gasteiger partial charge on any atom is -0.464 e. The highest BCUT2D eigenvalue weighted by atomic mass is 32.2. The minimum atomic E-state index is -0.851. The van der Waals surface area contributed by atoms with E-state index in [1.54, 1.807) is 18.7 Å². The maximum Gasteiger partial charge on any atom is 0.329 e. The quantitative estimate of drug-likeness (QED) is 0.0723. The lowest BCUT2D eigenvalue weighted by Crippen LogP contribution is -2.45. The van der Waals surface area contributed by atoms with Gasteiger partial charge in [0.25, 0.3) is 0 Å². The maximum atomic E-state index is 13.1. The fourth-order valence-corrected chi connectivity index (χ4v) is 6.43. The number of amides is 1. The molecule has 1 unspecified atom stereocenters. The van der Waals surface area contributed by atoms with Gasteiger partial charge < -0.3 is 39.5 Å². The first-order valence-corrected chi connectivity index (χ1v) is 17.5. The third-order valence-corrected chi connectivity index (χ3v) is 8.78. The van der Waals surface area contributed by atoms with E-state index in [1.165, 1.54) is 0 Å². The zero-order chi connectivity index (χ0) is 34.1. The number of hydrogen-bond donors (Lipinski definition) is 2. The Morgan fingerprint density at radius 1 is 0.646 bits per heavy atom. The van der Waals surface area contributed by atoms with Gasteiger partial charge in [0.2, 0.25) is 5.91 Å². The van der Waals surface area contributed by atoms with Crippen LogP contribution in [-0.2, 0) is 42.8 Å². The molecule has 0 heterocycles. The van der Waals surface area contributed by atoms with Crippen LogP contribution < -0.4 is 11.1 Å². The second-order valence-electron chi connectivity index (χ2n) is 10.6. The molecule has 1 atom stereocenters. The predicted molar refractivity (Wildman–Crippen MR) is 188 cm³/mol. The summed E-state index contributed by atoms with van der Waals surface area (Å²) in [5, 5.41) is 2.90. The molecule has 0 bridgehead atoms. The highest BCUT2D eigenvalue weighted by molar-refractivity contribution is 8.00. The monoisotopic (exact) mass is 682 g/mol. The lowest BCUT2D eigenvalue weighted by atomic mass is 9.84. The Labute approximate surface area is 288 Å². The highest BCUT2D eigenvalue weighted by Crippen LogP contribution is 2.48. The summed E-state index contributed by atoms with van der Waals surface area (Å²) in [4.78, 5) is 26.1. The van der Waals surface area contributed by atoms with E-state index in [4.69, 9.17) is 34.2 Å². The van der Waals surface area contributed by atoms with Crippen LogP contribution in [0, 0.1) is 0 Å². The minimum absolute atomic E-state index is 0.0993. The standard InChI is InChI=1S/C37H50N2O8S/c1-2-47-36(41)34(39-35(40)18-20-42-22-24-44-26-28-46-29-27-45-25-23-43-21-19-38)30-48-37(31-12-6-3-7-13-31,32-14-8-4-9-15-32)33-16-10-5-11-17-33/h3-17,34H,2,18-30,38H2,1H3,(H,39,40). The van der Waals surface area contributed by atoms with Crippen LogP contribution in [0.25, 0.3) is 0 Å². The molecule has 0 aromatic heterocycles. The van der Waals surface area contributed by atoms with Crippen LogP contribution in [-0.4, -0.2) is 103 Å². The number of hydrogen-bond acceptors (Lipinski definition) is 10. The van der Waals surface area contributed by atoms with E-state index in [2.05, 4.69) is 41.7 Å². The molecule has 3 aromatic carbocycles. The largest absolute Gasteiger partial charge is 0.464 e. The average molecular weight is 683 g/mol. The molecule has 0 fully saturated rings. The summed E-state index contributed by atoms with van der Waals surface area (Å²) in [6.07, 6.45) is 0.0993. The Kier molecular flexibility index (Phi) is 19.5. The molecule has 0 aliphatic heterocycles. The summed E-state index contributed by atoms with van der Waals surface area (Å²) >= 11 is 1.59. The molecule has 0 radical (unpaired) electrons. The molecule has 0 spiro atoms. The summed E-state index contributed by atoms with van der Waals surface area (Å²) in [5.74, 6) is -0.475. The van der Waals surface area contributed by atoms with Gasteiger partial charge in [0.05, 0.1) is 77.4 Å². The zero-order valence-corrected chi connectivity index (χ0v) is 28.7. The van der Waals surface area contributed by atoms with Gasteiger partial charge in [0.15, 0.2) is 0 Å². The Hall–Kier alpha value is -3.29. The first kappa shape index (κ1) is 39.2. The predicted octanol–water partition coefficient (Wildman–Crippen LogP) is 4.19. The summed E-state index contributed by atoms with van der Waals surface area (Å²) in [6.45, 7) is 6.78. The SMILES string of the molecule is CCOC(=O)C(CSC(c1ccccc1)(c1ccccc1)c1ccccc1)NC(=O)CCOCCOCCOCCOCCOCCN. The van der Waals surface area contributed by atoms with Gasteiger partial charge in [-0.25, -0.2) is 4.79 Å². The molecule has 0 saturated carbocycles. The van der Waals surface area contributed by atoms with Gasteiger partial charge in [-0.1, -0.05) is 91.0 Å². The fraction of sp³-hybridized carbons (Fsp3) is 0.459. The van der Waals surface area contributed by atoms with Crippen LogP contribution >= 0.6 is 11.8 Å². The molecular weight excluding hydrogens is 632 g/mol. The second kappa shape index (κ2) is 23.9. The van der Waals surface area contributed by atoms with Crippen molar-refractivity contribution < 1.29 is 38.0 Å². The van der Waals surface area contributed by atoms with Crippen LogP contribution in [0.5, 0.6) is 0 Å². The summed E-state index contributed by atoms with van der Waals surface area (Å²) in [5.41, 5.74) is 8.56. The van der Waals surface area contributed by atoms with Crippen LogP contribution in [0.4, 0.5) is 0 Å². The Bertz CT molecular complexity index is 1170. The first-order chi connectivity index (χ1) is 23.6. The van der Waals surface area contributed by atoms with E-state index in [1.807, 2.05) is 54.6 Å². The van der Waals surface area contributed by atoms with Gasteiger partial charge in [-0.2, -0.15) is 0 Å². The van der Waals surface area contributed by atoms with Crippen molar-refractivity contribution in [1.29, 1.82) is 0 Å². The van der Waals surface area contributed by atoms with Gasteiger partial charge >= 0.3 is 5.97 Å². The molecule has 0 aliphatic carbocycles. The number of esters is 1. The van der Waals surface area contributed by atoms with Crippen LogP contribution in [0.2, 0.25) is 0 Å². The third kappa shape index (κ3) is 13.7. The Balaban J connectivity index is 1.47. The van der Waals surface area contributed by atoms with E-state index >= 15 is 0 Å². The number of thioether (sulfide) groups is 1. The molecule has 3 N–H and O–H groups in total. The average Bonchev–Trinajstić information content (AvgIpc) is 3.12. The highest BCUT2D eigenvalue weighted by Gasteiger charge is 2.38. The van der Waals surface area contributed by atoms with E-state index < -0.39 is 16.8 Å². The summed E-state index contributed by atoms with van der Waals surface area (Å²) in [6, 6.07) is 29.8. The molecule has 11 heteroatoms. The van der Waals surface area contributed by atoms with Gasteiger partial charge in [0.1, 0.15) is 6.04 Å². The van der Waals surface area contributed by atoms with Crippen LogP contribution in [0.1, 0.15) is 30.0 Å². The maximum absolute atomic E-state index is 13.1. The van der Waals surface area contributed by atoms with E-state index in [9.17, 15) is 9.59 Å². The molecule has 10 nitrogen and oxygen atoms in total. The molecule has 0 aliphatic rings. The fourth-order valence-electron chi connectivity index (χ4n) is 4.88. The van der Waals surface area contributed by atoms with E-state index in [0.29, 0.717) is 66.0 Å². The van der Waals surface area contributed by atoms with E-state index in [0.717, 1.165) is 16.7 Å². The van der Waals surface area contributed by atoms with Crippen molar-refractivity contribution >= 4 is 23.6 Å². The first-order valence-electron chi connectivity index (χ1n) is 16.5. The number of benzene rings is 3. The number of carbonyl (C=O) groups is 2. The summed E-state index contributed by atoms with van der Waals surface area (Å²) < 4.78 is 31.9. The second-order valence-corrected chi connectivity index (χ2v) is 11.8. The van der Waals surface area contributed by atoms with Crippen molar-refractivity contribution in [3.05, 3.63) is 108 Å². The lowest BCUT2D eigenvalue weighted by molar-refractivity contribution is -0.146. The van der Waals surface area contributed by atoms with Crippen LogP contribution in [0.15, 0.2) is 91.0 Å². The number of nitrogens with two attached hydrogens (primary N) is 1. The van der Waals surface area contributed by atoms with Gasteiger partial charge in [0, 0.05) is 18.7 Å². The van der Waals surface area contributed by atoms with E-state index in [-0.39, 0.29) is 31.3 Å². The molecule has 3 aromatic rings. The van der Waals surface area contributed by atoms with Crippen molar-refractivity contribution in [2.24, 2.45) is 5.73 Å². The van der Waals surface area contributed by atoms with Crippen molar-refractivity contribution in [3.8, 4) is 0 Å². The topological polar surface area (TPSA) is 128 Å². The van der Waals surface area contributed by atoms with Crippen molar-refractivity contribution in [2.45, 2.75) is 24.1 Å². The van der Waals surface area contributed by atoms with Crippen molar-refractivity contribution in [2.75, 3.05) is 85.0 Å². The molecule has 1 amide bonds. The van der Waals surface area contributed by atoms with Gasteiger partial charge in [-0.15, -0.1) is 11.8 Å². The number of rotatable bonds is 26. The number of ether oxygens (including phenoxy) is 6. The zero-order valence-electron chi connectivity index (χ0n) is 27.9. The van der Waals surface area contributed by atoms with Crippen molar-refractivity contribution in [3.63, 3.8) is 0 Å². The molecular formula is C37H50N2O8S. The molecule has 262 valence electrons. The summed E-state index contributed by atoms with van der Waals surface area (Å²) in [7, 11) is 0. The van der Waals surface area contributed by atoms with Gasteiger partial charge in [-0.3, -0.25) is 4.79 Å². The Morgan fingerprint density at radius 2 is 1.04 bits per heavy atom. The smallest absolute Gasteiger partial charge is 0.329 e. The van der Waals surface area contributed by atoms with Crippen molar-refractivity contribution in [1.82, 2.24) is 5.32 Å². The number of nitrogens with one attached hydrogen (secondary N) is 1. The third-order valence-electron chi connectivity index (χ3n) is 7.14. The molecule has 0 saturated heterocycles. The number of carbonyl (C=O) groups excluding carboxylic acids is 2. The van der Waals surface area contributed by atoms with Crippen LogP contribution in [0.3, 0.4) is 0 Å². The lowest BCUT2D eigenvalue weighted by Gasteiger charge is -2.36. The molecule has 3 rings (SSSR count). The Morgan fingerprint density at radius 3 is 1.44 bits per heavy atom.